The summed E-state index contributed by atoms with van der Waals surface area (Å²) in [5, 5.41) is 0. The van der Waals surface area contributed by atoms with Crippen LogP contribution in [0.3, 0.4) is 0 Å². The number of rotatable bonds is 6. The van der Waals surface area contributed by atoms with Gasteiger partial charge in [0.1, 0.15) is 0 Å². The number of hydrogen-bond acceptors (Lipinski definition) is 2. The van der Waals surface area contributed by atoms with E-state index in [1.54, 1.807) is 6.08 Å². The van der Waals surface area contributed by atoms with Crippen LogP contribution >= 0.6 is 0 Å². The molecule has 0 aromatic heterocycles. The van der Waals surface area contributed by atoms with Gasteiger partial charge in [-0.1, -0.05) is 85.5 Å². The largest absolute Gasteiger partial charge is 0.399 e. The fourth-order valence-electron chi connectivity index (χ4n) is 4.19. The average molecular weight is 381 g/mol. The van der Waals surface area contributed by atoms with Gasteiger partial charge in [0.15, 0.2) is 0 Å². The van der Waals surface area contributed by atoms with Crippen LogP contribution in [-0.2, 0) is 5.41 Å². The van der Waals surface area contributed by atoms with Crippen LogP contribution in [-0.4, -0.2) is 0 Å². The summed E-state index contributed by atoms with van der Waals surface area (Å²) >= 11 is 0. The standard InChI is InChI=1S/C27H28N2/c1-4-6-8-9-23-19-20(3)26(10-7-5-2)27(23,21-11-15-24(28)16-12-21)22-13-17-25(29)18-14-22/h4-18H,1-2,19,28-29H2,3H3/b8-6-,10-7-,23-9+. The molecule has 0 atom stereocenters. The maximum atomic E-state index is 6.01. The van der Waals surface area contributed by atoms with E-state index in [0.29, 0.717) is 0 Å². The van der Waals surface area contributed by atoms with Crippen LogP contribution in [0, 0.1) is 0 Å². The van der Waals surface area contributed by atoms with E-state index in [-0.39, 0.29) is 0 Å². The molecule has 146 valence electrons. The average Bonchev–Trinajstić information content (AvgIpc) is 3.00. The Hall–Kier alpha value is -3.52. The van der Waals surface area contributed by atoms with Crippen molar-refractivity contribution < 1.29 is 0 Å². The van der Waals surface area contributed by atoms with Crippen molar-refractivity contribution >= 4 is 11.4 Å². The maximum Gasteiger partial charge on any atom is 0.0667 e. The van der Waals surface area contributed by atoms with Crippen LogP contribution in [0.15, 0.2) is 121 Å². The van der Waals surface area contributed by atoms with Gasteiger partial charge in [-0.3, -0.25) is 0 Å². The van der Waals surface area contributed by atoms with Gasteiger partial charge in [0.05, 0.1) is 5.41 Å². The second-order valence-corrected chi connectivity index (χ2v) is 7.27. The Bertz CT molecular complexity index is 968. The van der Waals surface area contributed by atoms with Crippen LogP contribution in [0.25, 0.3) is 0 Å². The van der Waals surface area contributed by atoms with Crippen molar-refractivity contribution in [1.29, 1.82) is 0 Å². The third-order valence-corrected chi connectivity index (χ3v) is 5.43. The molecule has 0 saturated heterocycles. The number of allylic oxidation sites excluding steroid dienone is 10. The molecule has 0 radical (unpaired) electrons. The van der Waals surface area contributed by atoms with E-state index in [1.165, 1.54) is 27.8 Å². The Kier molecular flexibility index (Phi) is 6.04. The lowest BCUT2D eigenvalue weighted by molar-refractivity contribution is 0.742. The summed E-state index contributed by atoms with van der Waals surface area (Å²) in [5.41, 5.74) is 19.3. The Morgan fingerprint density at radius 1 is 0.793 bits per heavy atom. The predicted octanol–water partition coefficient (Wildman–Crippen LogP) is 6.27. The first-order chi connectivity index (χ1) is 14.0. The minimum absolute atomic E-state index is 0.420. The summed E-state index contributed by atoms with van der Waals surface area (Å²) in [4.78, 5) is 0. The lowest BCUT2D eigenvalue weighted by atomic mass is 9.66. The zero-order chi connectivity index (χ0) is 20.9. The van der Waals surface area contributed by atoms with Crippen molar-refractivity contribution in [1.82, 2.24) is 0 Å². The summed E-state index contributed by atoms with van der Waals surface area (Å²) in [6.07, 6.45) is 14.9. The van der Waals surface area contributed by atoms with Crippen LogP contribution in [0.4, 0.5) is 11.4 Å². The van der Waals surface area contributed by atoms with Gasteiger partial charge < -0.3 is 11.5 Å². The Labute approximate surface area is 173 Å². The van der Waals surface area contributed by atoms with Crippen molar-refractivity contribution in [2.24, 2.45) is 0 Å². The quantitative estimate of drug-likeness (QED) is 0.458. The minimum atomic E-state index is -0.420. The van der Waals surface area contributed by atoms with E-state index in [0.717, 1.165) is 17.8 Å². The normalized spacial score (nSPS) is 17.5. The molecule has 0 fully saturated rings. The topological polar surface area (TPSA) is 52.0 Å². The molecule has 0 aliphatic heterocycles. The van der Waals surface area contributed by atoms with E-state index in [1.807, 2.05) is 42.5 Å². The van der Waals surface area contributed by atoms with E-state index in [9.17, 15) is 0 Å². The highest BCUT2D eigenvalue weighted by Crippen LogP contribution is 2.54. The van der Waals surface area contributed by atoms with Gasteiger partial charge in [-0.2, -0.15) is 0 Å². The molecule has 0 spiro atoms. The predicted molar refractivity (Wildman–Crippen MR) is 127 cm³/mol. The number of nitrogen functional groups attached to an aromatic ring is 2. The van der Waals surface area contributed by atoms with Crippen molar-refractivity contribution in [2.75, 3.05) is 11.5 Å². The van der Waals surface area contributed by atoms with Gasteiger partial charge in [-0.25, -0.2) is 0 Å². The second kappa shape index (κ2) is 8.66. The summed E-state index contributed by atoms with van der Waals surface area (Å²) in [5.74, 6) is 0. The molecule has 2 nitrogen and oxygen atoms in total. The summed E-state index contributed by atoms with van der Waals surface area (Å²) < 4.78 is 0. The monoisotopic (exact) mass is 380 g/mol. The highest BCUT2D eigenvalue weighted by atomic mass is 14.6. The van der Waals surface area contributed by atoms with Crippen LogP contribution < -0.4 is 11.5 Å². The zero-order valence-corrected chi connectivity index (χ0v) is 16.9. The Morgan fingerprint density at radius 2 is 1.31 bits per heavy atom. The molecule has 2 aromatic rings. The third kappa shape index (κ3) is 3.74. The zero-order valence-electron chi connectivity index (χ0n) is 16.9. The Morgan fingerprint density at radius 3 is 1.79 bits per heavy atom. The van der Waals surface area contributed by atoms with Gasteiger partial charge >= 0.3 is 0 Å². The summed E-state index contributed by atoms with van der Waals surface area (Å²) in [6, 6.07) is 16.4. The van der Waals surface area contributed by atoms with E-state index >= 15 is 0 Å². The second-order valence-electron chi connectivity index (χ2n) is 7.27. The molecule has 0 bridgehead atoms. The molecular formula is C27H28N2. The third-order valence-electron chi connectivity index (χ3n) is 5.43. The summed E-state index contributed by atoms with van der Waals surface area (Å²) in [7, 11) is 0. The van der Waals surface area contributed by atoms with Gasteiger partial charge in [-0.05, 0) is 59.9 Å². The molecule has 4 N–H and O–H groups in total. The van der Waals surface area contributed by atoms with E-state index < -0.39 is 5.41 Å². The highest BCUT2D eigenvalue weighted by molar-refractivity contribution is 5.68. The lowest BCUT2D eigenvalue weighted by Gasteiger charge is -2.35. The van der Waals surface area contributed by atoms with Crippen molar-refractivity contribution in [3.8, 4) is 0 Å². The fourth-order valence-corrected chi connectivity index (χ4v) is 4.19. The van der Waals surface area contributed by atoms with Gasteiger partial charge in [0, 0.05) is 11.4 Å². The SMILES string of the molecule is C=C/C=C\C=C1/CC(C)=C(/C=C\C=C)C1(c1ccc(N)cc1)c1ccc(N)cc1. The lowest BCUT2D eigenvalue weighted by Crippen LogP contribution is -2.29. The Balaban J connectivity index is 2.39. The molecule has 2 heteroatoms. The molecule has 3 rings (SSSR count). The molecule has 2 aromatic carbocycles. The van der Waals surface area contributed by atoms with Crippen molar-refractivity contribution in [2.45, 2.75) is 18.8 Å². The molecular weight excluding hydrogens is 352 g/mol. The first kappa shape index (κ1) is 20.2. The van der Waals surface area contributed by atoms with Gasteiger partial charge in [0.25, 0.3) is 0 Å². The van der Waals surface area contributed by atoms with Gasteiger partial charge in [0.2, 0.25) is 0 Å². The van der Waals surface area contributed by atoms with E-state index in [2.05, 4.69) is 62.6 Å². The number of anilines is 2. The first-order valence-electron chi connectivity index (χ1n) is 9.74. The molecule has 1 aliphatic carbocycles. The molecule has 29 heavy (non-hydrogen) atoms. The van der Waals surface area contributed by atoms with Crippen molar-refractivity contribution in [3.05, 3.63) is 132 Å². The van der Waals surface area contributed by atoms with Gasteiger partial charge in [-0.15, -0.1) is 0 Å². The van der Waals surface area contributed by atoms with Crippen LogP contribution in [0.5, 0.6) is 0 Å². The maximum absolute atomic E-state index is 6.01. The number of nitrogens with two attached hydrogens (primary N) is 2. The van der Waals surface area contributed by atoms with Crippen LogP contribution in [0.1, 0.15) is 24.5 Å². The molecule has 1 aliphatic rings. The van der Waals surface area contributed by atoms with E-state index in [4.69, 9.17) is 11.5 Å². The number of benzene rings is 2. The molecule has 0 heterocycles. The van der Waals surface area contributed by atoms with Crippen molar-refractivity contribution in [3.63, 3.8) is 0 Å². The molecule has 0 amide bonds. The molecule has 0 saturated carbocycles. The summed E-state index contributed by atoms with van der Waals surface area (Å²) in [6.45, 7) is 9.85. The first-order valence-corrected chi connectivity index (χ1v) is 9.74. The fraction of sp³-hybridized carbons (Fsp3) is 0.111. The smallest absolute Gasteiger partial charge is 0.0667 e. The minimum Gasteiger partial charge on any atom is -0.399 e. The van der Waals surface area contributed by atoms with Crippen LogP contribution in [0.2, 0.25) is 0 Å². The highest BCUT2D eigenvalue weighted by Gasteiger charge is 2.45. The molecule has 0 unspecified atom stereocenters. The number of hydrogen-bond donors (Lipinski definition) is 2.